The molecule has 4 nitrogen and oxygen atoms in total. The third kappa shape index (κ3) is 1.39. The predicted octanol–water partition coefficient (Wildman–Crippen LogP) is 0.410. The molecule has 0 amide bonds. The Kier molecular flexibility index (Phi) is 2.25. The lowest BCUT2D eigenvalue weighted by molar-refractivity contribution is -0.762. The second kappa shape index (κ2) is 3.18. The summed E-state index contributed by atoms with van der Waals surface area (Å²) in [5.74, 6) is 0. The van der Waals surface area contributed by atoms with Gasteiger partial charge < -0.3 is 4.74 Å². The molecule has 1 rings (SSSR count). The maximum atomic E-state index is 11.0. The molecule has 0 bridgehead atoms. The highest BCUT2D eigenvalue weighted by Gasteiger charge is 2.12. The van der Waals surface area contributed by atoms with Crippen LogP contribution in [0, 0.1) is 0 Å². The third-order valence-electron chi connectivity index (χ3n) is 1.45. The summed E-state index contributed by atoms with van der Waals surface area (Å²) in [6.07, 6.45) is 3.11. The molecule has 0 atom stereocenters. The number of rotatable bonds is 1. The van der Waals surface area contributed by atoms with Crippen LogP contribution in [0.15, 0.2) is 18.5 Å². The summed E-state index contributed by atoms with van der Waals surface area (Å²) in [4.78, 5) is 11.0. The van der Waals surface area contributed by atoms with E-state index >= 15 is 0 Å². The fraction of sp³-hybridized carbons (Fsp3) is 0.429. The number of nitrogens with zero attached hydrogens (tertiary/aromatic N) is 2. The number of methoxy groups -OCH3 is 1. The Bertz CT molecular complexity index is 255. The number of carbonyl (C=O) groups excluding carboxylic acids is 1. The number of ether oxygens (including phenoxy) is 1. The highest BCUT2D eigenvalue weighted by atomic mass is 16.5. The van der Waals surface area contributed by atoms with Crippen LogP contribution in [0.25, 0.3) is 0 Å². The van der Waals surface area contributed by atoms with E-state index in [0.29, 0.717) is 0 Å². The van der Waals surface area contributed by atoms with E-state index in [0.717, 1.165) is 6.54 Å². The number of aryl methyl sites for hydroxylation is 1. The molecule has 11 heavy (non-hydrogen) atoms. The highest BCUT2D eigenvalue weighted by Crippen LogP contribution is 1.84. The zero-order valence-electron chi connectivity index (χ0n) is 6.65. The third-order valence-corrected chi connectivity index (χ3v) is 1.45. The zero-order chi connectivity index (χ0) is 8.27. The zero-order valence-corrected chi connectivity index (χ0v) is 6.65. The van der Waals surface area contributed by atoms with Gasteiger partial charge in [-0.15, -0.1) is 4.68 Å². The Labute approximate surface area is 65.0 Å². The van der Waals surface area contributed by atoms with Crippen LogP contribution in [0.5, 0.6) is 0 Å². The maximum Gasteiger partial charge on any atom is 0.467 e. The summed E-state index contributed by atoms with van der Waals surface area (Å²) in [5, 5.41) is 0. The summed E-state index contributed by atoms with van der Waals surface area (Å²) in [5.41, 5.74) is 0. The Balaban J connectivity index is 2.92. The van der Waals surface area contributed by atoms with Crippen molar-refractivity contribution >= 4 is 6.09 Å². The van der Waals surface area contributed by atoms with Crippen LogP contribution in [-0.2, 0) is 11.3 Å². The van der Waals surface area contributed by atoms with Crippen molar-refractivity contribution in [3.63, 3.8) is 0 Å². The van der Waals surface area contributed by atoms with E-state index in [-0.39, 0.29) is 6.09 Å². The molecule has 0 aliphatic heterocycles. The quantitative estimate of drug-likeness (QED) is 0.550. The summed E-state index contributed by atoms with van der Waals surface area (Å²) in [6, 6.07) is 1.79. The van der Waals surface area contributed by atoms with Crippen molar-refractivity contribution in [2.75, 3.05) is 7.11 Å². The van der Waals surface area contributed by atoms with Gasteiger partial charge >= 0.3 is 6.09 Å². The first-order chi connectivity index (χ1) is 5.29. The minimum atomic E-state index is -0.364. The fourth-order valence-corrected chi connectivity index (χ4v) is 0.894. The lowest BCUT2D eigenvalue weighted by atomic mass is 10.7. The van der Waals surface area contributed by atoms with Crippen molar-refractivity contribution in [2.24, 2.45) is 0 Å². The van der Waals surface area contributed by atoms with Crippen molar-refractivity contribution in [1.29, 1.82) is 0 Å². The monoisotopic (exact) mass is 155 g/mol. The number of hydrogen-bond acceptors (Lipinski definition) is 2. The summed E-state index contributed by atoms with van der Waals surface area (Å²) >= 11 is 0. The van der Waals surface area contributed by atoms with Crippen LogP contribution >= 0.6 is 0 Å². The van der Waals surface area contributed by atoms with Gasteiger partial charge in [-0.25, -0.2) is 4.79 Å². The minimum Gasteiger partial charge on any atom is -0.449 e. The summed E-state index contributed by atoms with van der Waals surface area (Å²) < 4.78 is 7.71. The molecule has 0 spiro atoms. The van der Waals surface area contributed by atoms with Crippen LogP contribution in [-0.4, -0.2) is 17.9 Å². The second-order valence-corrected chi connectivity index (χ2v) is 2.06. The van der Waals surface area contributed by atoms with Crippen molar-refractivity contribution < 1.29 is 14.2 Å². The van der Waals surface area contributed by atoms with Gasteiger partial charge in [-0.3, -0.25) is 0 Å². The molecule has 0 aliphatic rings. The van der Waals surface area contributed by atoms with Crippen LogP contribution in [0.3, 0.4) is 0 Å². The van der Waals surface area contributed by atoms with Gasteiger partial charge in [0.1, 0.15) is 0 Å². The first-order valence-corrected chi connectivity index (χ1v) is 3.45. The van der Waals surface area contributed by atoms with Crippen molar-refractivity contribution in [1.82, 2.24) is 4.68 Å². The Hall–Kier alpha value is -1.32. The fourth-order valence-electron chi connectivity index (χ4n) is 0.894. The molecule has 60 valence electrons. The summed E-state index contributed by atoms with van der Waals surface area (Å²) in [6.45, 7) is 2.71. The SMILES string of the molecule is CC[n+]1cccn1C(=O)OC. The molecule has 1 aromatic heterocycles. The molecule has 1 aromatic rings. The van der Waals surface area contributed by atoms with Crippen LogP contribution in [0.2, 0.25) is 0 Å². The Morgan fingerprint density at radius 3 is 3.00 bits per heavy atom. The molecule has 0 aromatic carbocycles. The van der Waals surface area contributed by atoms with Gasteiger partial charge in [-0.05, 0) is 6.92 Å². The lowest BCUT2D eigenvalue weighted by Gasteiger charge is -1.96. The molecule has 0 saturated carbocycles. The van der Waals surface area contributed by atoms with E-state index in [4.69, 9.17) is 0 Å². The van der Waals surface area contributed by atoms with Gasteiger partial charge in [0, 0.05) is 6.07 Å². The Morgan fingerprint density at radius 2 is 2.45 bits per heavy atom. The first-order valence-electron chi connectivity index (χ1n) is 3.45. The molecule has 0 radical (unpaired) electrons. The topological polar surface area (TPSA) is 35.1 Å². The molecule has 4 heteroatoms. The molecule has 0 aliphatic carbocycles. The molecular formula is C7H11N2O2+. The van der Waals surface area contributed by atoms with E-state index in [9.17, 15) is 4.79 Å². The molecule has 0 unspecified atom stereocenters. The molecule has 0 N–H and O–H groups in total. The molecule has 0 saturated heterocycles. The molecule has 1 heterocycles. The normalized spacial score (nSPS) is 9.64. The number of carbonyl (C=O) groups is 1. The predicted molar refractivity (Wildman–Crippen MR) is 38.1 cm³/mol. The van der Waals surface area contributed by atoms with E-state index < -0.39 is 0 Å². The molecular weight excluding hydrogens is 144 g/mol. The van der Waals surface area contributed by atoms with Crippen molar-refractivity contribution in [2.45, 2.75) is 13.5 Å². The average Bonchev–Trinajstić information content (AvgIpc) is 2.50. The smallest absolute Gasteiger partial charge is 0.449 e. The van der Waals surface area contributed by atoms with Gasteiger partial charge in [0.15, 0.2) is 12.7 Å². The van der Waals surface area contributed by atoms with Crippen LogP contribution < -0.4 is 4.68 Å². The van der Waals surface area contributed by atoms with Gasteiger partial charge in [0.2, 0.25) is 0 Å². The lowest BCUT2D eigenvalue weighted by Crippen LogP contribution is -2.44. The number of aromatic nitrogens is 2. The number of hydrogen-bond donors (Lipinski definition) is 0. The standard InChI is InChI=1S/C7H11N2O2/c1-3-8-5-4-6-9(8)7(10)11-2/h4-6H,3H2,1-2H3/q+1. The van der Waals surface area contributed by atoms with Gasteiger partial charge in [-0.2, -0.15) is 0 Å². The van der Waals surface area contributed by atoms with Gasteiger partial charge in [-0.1, -0.05) is 4.68 Å². The minimum absolute atomic E-state index is 0.364. The van der Waals surface area contributed by atoms with Gasteiger partial charge in [0.25, 0.3) is 0 Å². The van der Waals surface area contributed by atoms with E-state index in [1.54, 1.807) is 16.9 Å². The van der Waals surface area contributed by atoms with E-state index in [1.807, 2.05) is 13.1 Å². The summed E-state index contributed by atoms with van der Waals surface area (Å²) in [7, 11) is 1.36. The highest BCUT2D eigenvalue weighted by molar-refractivity contribution is 5.67. The second-order valence-electron chi connectivity index (χ2n) is 2.06. The van der Waals surface area contributed by atoms with Crippen LogP contribution in [0.1, 0.15) is 6.92 Å². The van der Waals surface area contributed by atoms with Gasteiger partial charge in [0.05, 0.1) is 13.3 Å². The Morgan fingerprint density at radius 1 is 1.73 bits per heavy atom. The average molecular weight is 155 g/mol. The molecule has 0 fully saturated rings. The maximum absolute atomic E-state index is 11.0. The van der Waals surface area contributed by atoms with Crippen molar-refractivity contribution in [3.05, 3.63) is 18.5 Å². The van der Waals surface area contributed by atoms with E-state index in [1.165, 1.54) is 11.8 Å². The van der Waals surface area contributed by atoms with Crippen LogP contribution in [0.4, 0.5) is 4.79 Å². The first kappa shape index (κ1) is 7.78. The van der Waals surface area contributed by atoms with E-state index in [2.05, 4.69) is 4.74 Å². The largest absolute Gasteiger partial charge is 0.467 e. The van der Waals surface area contributed by atoms with Crippen molar-refractivity contribution in [3.8, 4) is 0 Å².